The number of aromatic nitrogens is 1. The molecule has 21 heavy (non-hydrogen) atoms. The predicted octanol–water partition coefficient (Wildman–Crippen LogP) is 4.73. The Kier molecular flexibility index (Phi) is 5.33. The molecule has 0 amide bonds. The van der Waals surface area contributed by atoms with E-state index in [1.165, 1.54) is 23.7 Å². The van der Waals surface area contributed by atoms with Gasteiger partial charge in [-0.25, -0.2) is 0 Å². The minimum absolute atomic E-state index is 0.0436. The summed E-state index contributed by atoms with van der Waals surface area (Å²) in [5, 5.41) is 1.28. The van der Waals surface area contributed by atoms with E-state index in [1.807, 2.05) is 0 Å². The Morgan fingerprint density at radius 1 is 1.24 bits per heavy atom. The van der Waals surface area contributed by atoms with Crippen LogP contribution in [-0.4, -0.2) is 24.1 Å². The highest BCUT2D eigenvalue weighted by Gasteiger charge is 2.13. The molecule has 1 unspecified atom stereocenters. The molecule has 0 N–H and O–H groups in total. The number of benzene rings is 1. The van der Waals surface area contributed by atoms with Gasteiger partial charge in [0.2, 0.25) is 0 Å². The van der Waals surface area contributed by atoms with E-state index in [2.05, 4.69) is 51.0 Å². The van der Waals surface area contributed by atoms with E-state index in [0.29, 0.717) is 0 Å². The molecular weight excluding hydrogens is 330 g/mol. The number of nitrogens with zero attached hydrogens (tertiary/aromatic N) is 1. The van der Waals surface area contributed by atoms with Gasteiger partial charge in [0.15, 0.2) is 6.29 Å². The third kappa shape index (κ3) is 3.87. The van der Waals surface area contributed by atoms with Crippen molar-refractivity contribution in [2.24, 2.45) is 0 Å². The van der Waals surface area contributed by atoms with Crippen LogP contribution in [-0.2, 0) is 16.0 Å². The van der Waals surface area contributed by atoms with E-state index in [0.717, 1.165) is 43.5 Å². The molecular formula is C17H22BrNO2. The average Bonchev–Trinajstić information content (AvgIpc) is 2.93. The Labute approximate surface area is 134 Å². The molecule has 3 nitrogen and oxygen atoms in total. The second-order valence-electron chi connectivity index (χ2n) is 5.56. The van der Waals surface area contributed by atoms with E-state index in [9.17, 15) is 0 Å². The van der Waals surface area contributed by atoms with E-state index in [-0.39, 0.29) is 6.29 Å². The molecule has 2 heterocycles. The van der Waals surface area contributed by atoms with Crippen LogP contribution < -0.4 is 0 Å². The first-order valence-corrected chi connectivity index (χ1v) is 8.60. The van der Waals surface area contributed by atoms with Gasteiger partial charge in [0.05, 0.1) is 0 Å². The molecule has 1 aromatic carbocycles. The van der Waals surface area contributed by atoms with Crippen LogP contribution in [0.1, 0.15) is 32.1 Å². The van der Waals surface area contributed by atoms with Gasteiger partial charge in [0.25, 0.3) is 0 Å². The summed E-state index contributed by atoms with van der Waals surface area (Å²) < 4.78 is 14.8. The molecule has 1 atom stereocenters. The van der Waals surface area contributed by atoms with Gasteiger partial charge in [-0.2, -0.15) is 0 Å². The van der Waals surface area contributed by atoms with Crippen molar-refractivity contribution in [2.45, 2.75) is 44.9 Å². The van der Waals surface area contributed by atoms with E-state index in [4.69, 9.17) is 9.47 Å². The number of rotatable bonds is 6. The summed E-state index contributed by atoms with van der Waals surface area (Å²) in [6, 6.07) is 8.52. The summed E-state index contributed by atoms with van der Waals surface area (Å²) in [6.45, 7) is 2.69. The number of ether oxygens (including phenoxy) is 2. The normalized spacial score (nSPS) is 19.2. The van der Waals surface area contributed by atoms with Crippen molar-refractivity contribution in [1.82, 2.24) is 4.57 Å². The van der Waals surface area contributed by atoms with Crippen molar-refractivity contribution >= 4 is 26.8 Å². The number of aryl methyl sites for hydroxylation is 1. The van der Waals surface area contributed by atoms with Gasteiger partial charge >= 0.3 is 0 Å². The molecule has 0 bridgehead atoms. The first kappa shape index (κ1) is 15.1. The number of hydrogen-bond acceptors (Lipinski definition) is 2. The average molecular weight is 352 g/mol. The van der Waals surface area contributed by atoms with Crippen molar-refractivity contribution < 1.29 is 9.47 Å². The lowest BCUT2D eigenvalue weighted by molar-refractivity contribution is -0.162. The van der Waals surface area contributed by atoms with Crippen molar-refractivity contribution in [1.29, 1.82) is 0 Å². The second-order valence-corrected chi connectivity index (χ2v) is 6.41. The standard InChI is InChI=1S/C17H22BrNO2/c18-15-6-5-7-16-14(15)9-11-19(16)10-2-4-13-21-17-8-1-3-12-20-17/h5-7,9,11,17H,1-4,8,10,12-13H2. The van der Waals surface area contributed by atoms with Crippen LogP contribution in [0.3, 0.4) is 0 Å². The minimum Gasteiger partial charge on any atom is -0.353 e. The van der Waals surface area contributed by atoms with Gasteiger partial charge in [0.1, 0.15) is 0 Å². The van der Waals surface area contributed by atoms with Crippen LogP contribution in [0.15, 0.2) is 34.9 Å². The zero-order valence-electron chi connectivity index (χ0n) is 12.3. The van der Waals surface area contributed by atoms with E-state index < -0.39 is 0 Å². The predicted molar refractivity (Wildman–Crippen MR) is 88.4 cm³/mol. The maximum Gasteiger partial charge on any atom is 0.157 e. The third-order valence-corrected chi connectivity index (χ3v) is 4.69. The van der Waals surface area contributed by atoms with E-state index in [1.54, 1.807) is 0 Å². The van der Waals surface area contributed by atoms with Gasteiger partial charge in [0, 0.05) is 41.3 Å². The van der Waals surface area contributed by atoms with E-state index >= 15 is 0 Å². The van der Waals surface area contributed by atoms with Crippen LogP contribution >= 0.6 is 15.9 Å². The molecule has 1 saturated heterocycles. The fourth-order valence-corrected chi connectivity index (χ4v) is 3.31. The first-order valence-electron chi connectivity index (χ1n) is 7.81. The SMILES string of the molecule is Brc1cccc2c1ccn2CCCCOC1CCCCO1. The van der Waals surface area contributed by atoms with Crippen LogP contribution in [0.2, 0.25) is 0 Å². The third-order valence-electron chi connectivity index (χ3n) is 4.00. The molecule has 1 aromatic heterocycles. The van der Waals surface area contributed by atoms with Crippen LogP contribution in [0.25, 0.3) is 10.9 Å². The van der Waals surface area contributed by atoms with Crippen LogP contribution in [0.5, 0.6) is 0 Å². The smallest absolute Gasteiger partial charge is 0.157 e. The molecule has 0 radical (unpaired) electrons. The van der Waals surface area contributed by atoms with Crippen LogP contribution in [0.4, 0.5) is 0 Å². The van der Waals surface area contributed by atoms with Crippen molar-refractivity contribution in [2.75, 3.05) is 13.2 Å². The molecule has 2 aromatic rings. The summed E-state index contributed by atoms with van der Waals surface area (Å²) in [5.74, 6) is 0. The van der Waals surface area contributed by atoms with Crippen molar-refractivity contribution in [3.63, 3.8) is 0 Å². The van der Waals surface area contributed by atoms with Gasteiger partial charge in [-0.05, 0) is 50.3 Å². The Bertz CT molecular complexity index is 575. The van der Waals surface area contributed by atoms with Gasteiger partial charge < -0.3 is 14.0 Å². The first-order chi connectivity index (χ1) is 10.3. The summed E-state index contributed by atoms with van der Waals surface area (Å²) in [6.07, 6.45) is 7.88. The quantitative estimate of drug-likeness (QED) is 0.702. The van der Waals surface area contributed by atoms with Crippen molar-refractivity contribution in [3.8, 4) is 0 Å². The summed E-state index contributed by atoms with van der Waals surface area (Å²) in [4.78, 5) is 0. The zero-order chi connectivity index (χ0) is 14.5. The van der Waals surface area contributed by atoms with Crippen molar-refractivity contribution in [3.05, 3.63) is 34.9 Å². The lowest BCUT2D eigenvalue weighted by atomic mass is 10.2. The number of halogens is 1. The van der Waals surface area contributed by atoms with Gasteiger partial charge in [-0.1, -0.05) is 22.0 Å². The number of hydrogen-bond donors (Lipinski definition) is 0. The topological polar surface area (TPSA) is 23.4 Å². The van der Waals surface area contributed by atoms with Gasteiger partial charge in [-0.3, -0.25) is 0 Å². The highest BCUT2D eigenvalue weighted by atomic mass is 79.9. The van der Waals surface area contributed by atoms with Crippen LogP contribution in [0, 0.1) is 0 Å². The maximum absolute atomic E-state index is 5.77. The highest BCUT2D eigenvalue weighted by Crippen LogP contribution is 2.25. The minimum atomic E-state index is 0.0436. The molecule has 3 rings (SSSR count). The fourth-order valence-electron chi connectivity index (χ4n) is 2.82. The molecule has 4 heteroatoms. The zero-order valence-corrected chi connectivity index (χ0v) is 13.8. The summed E-state index contributed by atoms with van der Waals surface area (Å²) in [5.41, 5.74) is 1.29. The molecule has 0 aliphatic carbocycles. The Balaban J connectivity index is 1.43. The number of fused-ring (bicyclic) bond motifs is 1. The fraction of sp³-hybridized carbons (Fsp3) is 0.529. The molecule has 0 saturated carbocycles. The molecule has 1 aliphatic rings. The summed E-state index contributed by atoms with van der Waals surface area (Å²) in [7, 11) is 0. The molecule has 114 valence electrons. The summed E-state index contributed by atoms with van der Waals surface area (Å²) >= 11 is 3.60. The largest absolute Gasteiger partial charge is 0.353 e. The molecule has 0 spiro atoms. The lowest BCUT2D eigenvalue weighted by Crippen LogP contribution is -2.22. The Morgan fingerprint density at radius 2 is 2.19 bits per heavy atom. The Hall–Kier alpha value is -0.840. The maximum atomic E-state index is 5.77. The Morgan fingerprint density at radius 3 is 3.05 bits per heavy atom. The monoisotopic (exact) mass is 351 g/mol. The highest BCUT2D eigenvalue weighted by molar-refractivity contribution is 9.10. The molecule has 1 aliphatic heterocycles. The number of unbranched alkanes of at least 4 members (excludes halogenated alkanes) is 1. The lowest BCUT2D eigenvalue weighted by Gasteiger charge is -2.22. The van der Waals surface area contributed by atoms with Gasteiger partial charge in [-0.15, -0.1) is 0 Å². The molecule has 1 fully saturated rings. The second kappa shape index (κ2) is 7.43.